The van der Waals surface area contributed by atoms with Gasteiger partial charge in [0.15, 0.2) is 0 Å². The second-order valence-corrected chi connectivity index (χ2v) is 6.64. The van der Waals surface area contributed by atoms with Crippen molar-refractivity contribution in [2.45, 2.75) is 76.7 Å². The lowest BCUT2D eigenvalue weighted by Crippen LogP contribution is -2.41. The van der Waals surface area contributed by atoms with E-state index in [9.17, 15) is 0 Å². The summed E-state index contributed by atoms with van der Waals surface area (Å²) in [6.07, 6.45) is 5.10. The molecule has 0 aromatic carbocycles. The van der Waals surface area contributed by atoms with Crippen LogP contribution in [-0.4, -0.2) is 36.5 Å². The molecule has 2 aliphatic rings. The van der Waals surface area contributed by atoms with Gasteiger partial charge in [0.05, 0.1) is 23.9 Å². The van der Waals surface area contributed by atoms with Crippen LogP contribution in [0.2, 0.25) is 0 Å². The summed E-state index contributed by atoms with van der Waals surface area (Å²) in [5.74, 6) is 0. The van der Waals surface area contributed by atoms with Crippen molar-refractivity contribution in [2.24, 2.45) is 0 Å². The number of piperidine rings is 1. The van der Waals surface area contributed by atoms with Gasteiger partial charge < -0.3 is 14.8 Å². The summed E-state index contributed by atoms with van der Waals surface area (Å²) in [5.41, 5.74) is -0.202. The van der Waals surface area contributed by atoms with Crippen molar-refractivity contribution in [1.82, 2.24) is 5.32 Å². The average Bonchev–Trinajstić information content (AvgIpc) is 2.45. The molecule has 1 N–H and O–H groups in total. The fraction of sp³-hybridized carbons (Fsp3) is 1.00. The zero-order valence-corrected chi connectivity index (χ0v) is 11.7. The summed E-state index contributed by atoms with van der Waals surface area (Å²) in [6.45, 7) is 10.5. The van der Waals surface area contributed by atoms with Gasteiger partial charge in [0.25, 0.3) is 0 Å². The third kappa shape index (κ3) is 3.43. The minimum absolute atomic E-state index is 0.0475. The molecule has 100 valence electrons. The van der Waals surface area contributed by atoms with Gasteiger partial charge >= 0.3 is 0 Å². The molecule has 0 aliphatic carbocycles. The molecule has 0 radical (unpaired) electrons. The molecular formula is C14H27NO2. The van der Waals surface area contributed by atoms with Gasteiger partial charge in [-0.1, -0.05) is 6.42 Å². The molecule has 3 nitrogen and oxygen atoms in total. The van der Waals surface area contributed by atoms with E-state index in [0.29, 0.717) is 6.04 Å². The van der Waals surface area contributed by atoms with Gasteiger partial charge in [0, 0.05) is 12.5 Å². The highest BCUT2D eigenvalue weighted by Gasteiger charge is 2.46. The van der Waals surface area contributed by atoms with Crippen molar-refractivity contribution in [3.63, 3.8) is 0 Å². The molecule has 0 aromatic rings. The fourth-order valence-corrected chi connectivity index (χ4v) is 3.07. The number of nitrogens with one attached hydrogen (secondary N) is 1. The first kappa shape index (κ1) is 13.3. The summed E-state index contributed by atoms with van der Waals surface area (Å²) in [5, 5.41) is 3.53. The van der Waals surface area contributed by atoms with E-state index < -0.39 is 0 Å². The molecule has 0 saturated carbocycles. The largest absolute Gasteiger partial charge is 0.374 e. The Kier molecular flexibility index (Phi) is 3.81. The van der Waals surface area contributed by atoms with E-state index in [0.717, 1.165) is 19.6 Å². The maximum atomic E-state index is 6.11. The zero-order chi connectivity index (χ0) is 12.5. The minimum Gasteiger partial charge on any atom is -0.374 e. The van der Waals surface area contributed by atoms with Gasteiger partial charge in [0.2, 0.25) is 0 Å². The van der Waals surface area contributed by atoms with Gasteiger partial charge in [-0.3, -0.25) is 0 Å². The van der Waals surface area contributed by atoms with Crippen molar-refractivity contribution in [1.29, 1.82) is 0 Å². The first-order valence-corrected chi connectivity index (χ1v) is 6.94. The molecule has 17 heavy (non-hydrogen) atoms. The Bertz CT molecular complexity index is 257. The topological polar surface area (TPSA) is 30.5 Å². The van der Waals surface area contributed by atoms with Gasteiger partial charge in [-0.05, 0) is 47.1 Å². The second-order valence-electron chi connectivity index (χ2n) is 6.64. The van der Waals surface area contributed by atoms with E-state index in [1.807, 2.05) is 0 Å². The Hall–Kier alpha value is -0.120. The fourth-order valence-electron chi connectivity index (χ4n) is 3.07. The van der Waals surface area contributed by atoms with Crippen LogP contribution in [-0.2, 0) is 9.47 Å². The van der Waals surface area contributed by atoms with Crippen LogP contribution in [0.4, 0.5) is 0 Å². The molecule has 2 atom stereocenters. The first-order valence-electron chi connectivity index (χ1n) is 6.94. The monoisotopic (exact) mass is 241 g/mol. The van der Waals surface area contributed by atoms with Crippen molar-refractivity contribution < 1.29 is 9.47 Å². The minimum atomic E-state index is -0.155. The Morgan fingerprint density at radius 2 is 2.00 bits per heavy atom. The predicted molar refractivity (Wildman–Crippen MR) is 69.2 cm³/mol. The molecule has 0 spiro atoms. The molecule has 0 amide bonds. The van der Waals surface area contributed by atoms with Crippen LogP contribution in [0.1, 0.15) is 53.4 Å². The Balaban J connectivity index is 1.82. The highest BCUT2D eigenvalue weighted by Crippen LogP contribution is 2.39. The lowest BCUT2D eigenvalue weighted by atomic mass is 9.97. The van der Waals surface area contributed by atoms with E-state index in [1.54, 1.807) is 0 Å². The Morgan fingerprint density at radius 1 is 1.24 bits per heavy atom. The number of ether oxygens (including phenoxy) is 2. The van der Waals surface area contributed by atoms with Crippen LogP contribution in [0.25, 0.3) is 0 Å². The lowest BCUT2D eigenvalue weighted by Gasteiger charge is -2.30. The average molecular weight is 241 g/mol. The Morgan fingerprint density at radius 3 is 2.53 bits per heavy atom. The quantitative estimate of drug-likeness (QED) is 0.823. The maximum Gasteiger partial charge on any atom is 0.0895 e. The highest BCUT2D eigenvalue weighted by molar-refractivity contribution is 4.95. The summed E-state index contributed by atoms with van der Waals surface area (Å²) in [6, 6.07) is 0.545. The molecule has 0 aromatic heterocycles. The van der Waals surface area contributed by atoms with Gasteiger partial charge in [0.1, 0.15) is 0 Å². The second kappa shape index (κ2) is 4.87. The highest BCUT2D eigenvalue weighted by atomic mass is 16.6. The van der Waals surface area contributed by atoms with E-state index in [-0.39, 0.29) is 17.3 Å². The third-order valence-electron chi connectivity index (χ3n) is 3.90. The number of hydrogen-bond donors (Lipinski definition) is 1. The van der Waals surface area contributed by atoms with Crippen LogP contribution in [0.15, 0.2) is 0 Å². The van der Waals surface area contributed by atoms with E-state index in [1.165, 1.54) is 19.3 Å². The van der Waals surface area contributed by atoms with Crippen LogP contribution in [0, 0.1) is 0 Å². The zero-order valence-electron chi connectivity index (χ0n) is 11.7. The van der Waals surface area contributed by atoms with E-state index in [2.05, 4.69) is 33.0 Å². The predicted octanol–water partition coefficient (Wildman–Crippen LogP) is 2.49. The van der Waals surface area contributed by atoms with Crippen molar-refractivity contribution in [2.75, 3.05) is 13.2 Å². The van der Waals surface area contributed by atoms with Gasteiger partial charge in [-0.2, -0.15) is 0 Å². The number of hydrogen-bond acceptors (Lipinski definition) is 3. The standard InChI is InChI=1S/C14H27NO2/c1-13(2)9-12(14(3,4)17-13)16-10-11-7-5-6-8-15-11/h11-12,15H,5-10H2,1-4H3. The summed E-state index contributed by atoms with van der Waals surface area (Å²) < 4.78 is 12.1. The molecule has 2 heterocycles. The van der Waals surface area contributed by atoms with Crippen LogP contribution in [0.5, 0.6) is 0 Å². The van der Waals surface area contributed by atoms with E-state index in [4.69, 9.17) is 9.47 Å². The number of rotatable bonds is 3. The van der Waals surface area contributed by atoms with Crippen molar-refractivity contribution in [3.8, 4) is 0 Å². The van der Waals surface area contributed by atoms with Gasteiger partial charge in [-0.15, -0.1) is 0 Å². The molecule has 2 aliphatic heterocycles. The first-order chi connectivity index (χ1) is 7.89. The third-order valence-corrected chi connectivity index (χ3v) is 3.90. The molecule has 2 unspecified atom stereocenters. The van der Waals surface area contributed by atoms with Crippen LogP contribution >= 0.6 is 0 Å². The van der Waals surface area contributed by atoms with Crippen molar-refractivity contribution >= 4 is 0 Å². The molecule has 0 bridgehead atoms. The van der Waals surface area contributed by atoms with Gasteiger partial charge in [-0.25, -0.2) is 0 Å². The summed E-state index contributed by atoms with van der Waals surface area (Å²) >= 11 is 0. The van der Waals surface area contributed by atoms with E-state index >= 15 is 0 Å². The van der Waals surface area contributed by atoms with Crippen LogP contribution < -0.4 is 5.32 Å². The summed E-state index contributed by atoms with van der Waals surface area (Å²) in [4.78, 5) is 0. The van der Waals surface area contributed by atoms with Crippen molar-refractivity contribution in [3.05, 3.63) is 0 Å². The molecule has 2 saturated heterocycles. The lowest BCUT2D eigenvalue weighted by molar-refractivity contribution is -0.105. The normalized spacial score (nSPS) is 36.0. The van der Waals surface area contributed by atoms with Crippen LogP contribution in [0.3, 0.4) is 0 Å². The maximum absolute atomic E-state index is 6.11. The summed E-state index contributed by atoms with van der Waals surface area (Å²) in [7, 11) is 0. The molecule has 3 heteroatoms. The smallest absolute Gasteiger partial charge is 0.0895 e. The molecular weight excluding hydrogens is 214 g/mol. The Labute approximate surface area is 105 Å². The molecule has 2 rings (SSSR count). The SMILES string of the molecule is CC1(C)CC(OCC2CCCCN2)C(C)(C)O1. The molecule has 2 fully saturated rings.